The molecule has 0 aliphatic rings. The van der Waals surface area contributed by atoms with Crippen LogP contribution in [0.25, 0.3) is 10.2 Å². The number of hydrogen-bond acceptors (Lipinski definition) is 4. The number of hydrogen-bond donors (Lipinski definition) is 1. The second kappa shape index (κ2) is 4.97. The molecule has 6 heteroatoms. The summed E-state index contributed by atoms with van der Waals surface area (Å²) in [4.78, 5) is 19.8. The molecule has 0 saturated carbocycles. The van der Waals surface area contributed by atoms with Gasteiger partial charge in [0, 0.05) is 11.9 Å². The number of thiazole rings is 1. The molecule has 4 nitrogen and oxygen atoms in total. The molecule has 0 radical (unpaired) electrons. The van der Waals surface area contributed by atoms with Gasteiger partial charge in [0.05, 0.1) is 20.8 Å². The molecule has 1 amide bonds. The average molecular weight is 287 g/mol. The topological polar surface area (TPSA) is 54.9 Å². The molecule has 2 aromatic heterocycles. The maximum atomic E-state index is 12.7. The van der Waals surface area contributed by atoms with Gasteiger partial charge < -0.3 is 5.32 Å². The van der Waals surface area contributed by atoms with Crippen LogP contribution in [0.3, 0.4) is 0 Å². The number of aromatic nitrogens is 2. The lowest BCUT2D eigenvalue weighted by Gasteiger charge is -2.04. The normalized spacial score (nSPS) is 10.7. The van der Waals surface area contributed by atoms with E-state index in [1.165, 1.54) is 12.3 Å². The van der Waals surface area contributed by atoms with Crippen LogP contribution in [0, 0.1) is 12.9 Å². The molecular weight excluding hydrogens is 277 g/mol. The lowest BCUT2D eigenvalue weighted by atomic mass is 10.2. The number of anilines is 1. The van der Waals surface area contributed by atoms with Gasteiger partial charge in [0.1, 0.15) is 0 Å². The first-order valence-electron chi connectivity index (χ1n) is 5.92. The Morgan fingerprint density at radius 2 is 2.15 bits per heavy atom. The van der Waals surface area contributed by atoms with Gasteiger partial charge in [-0.1, -0.05) is 0 Å². The largest absolute Gasteiger partial charge is 0.322 e. The Hall–Kier alpha value is -2.34. The van der Waals surface area contributed by atoms with Crippen molar-refractivity contribution in [1.82, 2.24) is 9.97 Å². The molecule has 0 aliphatic heterocycles. The summed E-state index contributed by atoms with van der Waals surface area (Å²) in [5, 5.41) is 3.73. The quantitative estimate of drug-likeness (QED) is 0.735. The minimum Gasteiger partial charge on any atom is -0.322 e. The van der Waals surface area contributed by atoms with Gasteiger partial charge in [-0.15, -0.1) is 11.3 Å². The molecule has 0 unspecified atom stereocenters. The molecule has 1 aromatic carbocycles. The molecule has 3 aromatic rings. The number of aryl methyl sites for hydroxylation is 1. The summed E-state index contributed by atoms with van der Waals surface area (Å²) >= 11 is 1.57. The van der Waals surface area contributed by atoms with Crippen molar-refractivity contribution in [2.24, 2.45) is 0 Å². The van der Waals surface area contributed by atoms with E-state index in [1.54, 1.807) is 17.4 Å². The Labute approximate surface area is 118 Å². The van der Waals surface area contributed by atoms with Gasteiger partial charge in [-0.3, -0.25) is 4.79 Å². The Bertz CT molecular complexity index is 783. The zero-order chi connectivity index (χ0) is 14.1. The second-order valence-corrected chi connectivity index (χ2v) is 5.47. The Morgan fingerprint density at radius 3 is 2.90 bits per heavy atom. The van der Waals surface area contributed by atoms with Gasteiger partial charge in [0.2, 0.25) is 5.95 Å². The fourth-order valence-corrected chi connectivity index (χ4v) is 2.70. The second-order valence-electron chi connectivity index (χ2n) is 4.24. The van der Waals surface area contributed by atoms with Crippen LogP contribution in [0.1, 0.15) is 15.4 Å². The van der Waals surface area contributed by atoms with Crippen molar-refractivity contribution < 1.29 is 9.18 Å². The predicted octanol–water partition coefficient (Wildman–Crippen LogP) is 3.39. The highest BCUT2D eigenvalue weighted by atomic mass is 32.1. The summed E-state index contributed by atoms with van der Waals surface area (Å²) in [6, 6.07) is 8.07. The molecular formula is C14H10FN3OS. The van der Waals surface area contributed by atoms with E-state index in [9.17, 15) is 9.18 Å². The number of benzene rings is 1. The summed E-state index contributed by atoms with van der Waals surface area (Å²) in [7, 11) is 0. The fourth-order valence-electron chi connectivity index (χ4n) is 1.83. The number of pyridine rings is 1. The number of rotatable bonds is 2. The highest BCUT2D eigenvalue weighted by Crippen LogP contribution is 2.24. The maximum absolute atomic E-state index is 12.7. The van der Waals surface area contributed by atoms with Crippen molar-refractivity contribution >= 4 is 33.1 Å². The molecule has 0 aliphatic carbocycles. The van der Waals surface area contributed by atoms with Gasteiger partial charge in [-0.2, -0.15) is 4.39 Å². The zero-order valence-electron chi connectivity index (χ0n) is 10.6. The van der Waals surface area contributed by atoms with Crippen LogP contribution in [0.15, 0.2) is 36.5 Å². The Morgan fingerprint density at radius 1 is 1.30 bits per heavy atom. The summed E-state index contributed by atoms with van der Waals surface area (Å²) in [6.45, 7) is 1.94. The van der Waals surface area contributed by atoms with E-state index in [0.29, 0.717) is 11.3 Å². The maximum Gasteiger partial charge on any atom is 0.257 e. The molecule has 3 rings (SSSR count). The van der Waals surface area contributed by atoms with Crippen molar-refractivity contribution in [3.63, 3.8) is 0 Å². The molecule has 0 saturated heterocycles. The third kappa shape index (κ3) is 2.50. The number of fused-ring (bicyclic) bond motifs is 1. The zero-order valence-corrected chi connectivity index (χ0v) is 11.4. The number of nitrogens with one attached hydrogen (secondary N) is 1. The van der Waals surface area contributed by atoms with Crippen LogP contribution >= 0.6 is 11.3 Å². The molecule has 1 N–H and O–H groups in total. The molecule has 0 bridgehead atoms. The highest BCUT2D eigenvalue weighted by Gasteiger charge is 2.08. The molecule has 2 heterocycles. The van der Waals surface area contributed by atoms with Gasteiger partial charge in [0.15, 0.2) is 0 Å². The van der Waals surface area contributed by atoms with E-state index in [0.717, 1.165) is 21.3 Å². The van der Waals surface area contributed by atoms with E-state index >= 15 is 0 Å². The van der Waals surface area contributed by atoms with E-state index in [1.807, 2.05) is 19.1 Å². The van der Waals surface area contributed by atoms with Crippen molar-refractivity contribution in [3.8, 4) is 0 Å². The first-order valence-corrected chi connectivity index (χ1v) is 6.73. The number of carbonyl (C=O) groups excluding carboxylic acids is 1. The Kier molecular flexibility index (Phi) is 3.15. The lowest BCUT2D eigenvalue weighted by molar-refractivity contribution is 0.102. The van der Waals surface area contributed by atoms with Crippen LogP contribution in [0.2, 0.25) is 0 Å². The average Bonchev–Trinajstić information content (AvgIpc) is 2.78. The number of nitrogens with zero attached hydrogens (tertiary/aromatic N) is 2. The van der Waals surface area contributed by atoms with Crippen LogP contribution < -0.4 is 5.32 Å². The van der Waals surface area contributed by atoms with Gasteiger partial charge >= 0.3 is 0 Å². The lowest BCUT2D eigenvalue weighted by Crippen LogP contribution is -2.12. The van der Waals surface area contributed by atoms with Crippen LogP contribution in [0.4, 0.5) is 10.1 Å². The molecule has 100 valence electrons. The van der Waals surface area contributed by atoms with E-state index < -0.39 is 5.95 Å². The van der Waals surface area contributed by atoms with Crippen LogP contribution in [0.5, 0.6) is 0 Å². The Balaban J connectivity index is 1.84. The van der Waals surface area contributed by atoms with E-state index in [2.05, 4.69) is 15.3 Å². The van der Waals surface area contributed by atoms with Gasteiger partial charge in [-0.05, 0) is 37.3 Å². The van der Waals surface area contributed by atoms with Crippen molar-refractivity contribution in [2.45, 2.75) is 6.92 Å². The molecule has 0 fully saturated rings. The predicted molar refractivity (Wildman–Crippen MR) is 76.5 cm³/mol. The number of halogens is 1. The smallest absolute Gasteiger partial charge is 0.257 e. The van der Waals surface area contributed by atoms with E-state index in [-0.39, 0.29) is 5.91 Å². The summed E-state index contributed by atoms with van der Waals surface area (Å²) in [6.07, 6.45) is 1.21. The number of amides is 1. The van der Waals surface area contributed by atoms with Crippen molar-refractivity contribution in [2.75, 3.05) is 5.32 Å². The first-order chi connectivity index (χ1) is 9.61. The summed E-state index contributed by atoms with van der Waals surface area (Å²) < 4.78 is 13.7. The summed E-state index contributed by atoms with van der Waals surface area (Å²) in [5.41, 5.74) is 1.90. The van der Waals surface area contributed by atoms with Crippen molar-refractivity contribution in [1.29, 1.82) is 0 Å². The third-order valence-corrected chi connectivity index (χ3v) is 3.68. The highest BCUT2D eigenvalue weighted by molar-refractivity contribution is 7.18. The van der Waals surface area contributed by atoms with Gasteiger partial charge in [0.25, 0.3) is 5.91 Å². The van der Waals surface area contributed by atoms with E-state index in [4.69, 9.17) is 0 Å². The number of carbonyl (C=O) groups is 1. The monoisotopic (exact) mass is 287 g/mol. The SMILES string of the molecule is Cc1nc2ccc(NC(=O)c3ccc(F)nc3)cc2s1. The van der Waals surface area contributed by atoms with Crippen LogP contribution in [-0.4, -0.2) is 15.9 Å². The molecule has 20 heavy (non-hydrogen) atoms. The fraction of sp³-hybridized carbons (Fsp3) is 0.0714. The molecule has 0 spiro atoms. The van der Waals surface area contributed by atoms with Gasteiger partial charge in [-0.25, -0.2) is 9.97 Å². The third-order valence-electron chi connectivity index (χ3n) is 2.74. The first kappa shape index (κ1) is 12.7. The van der Waals surface area contributed by atoms with Crippen LogP contribution in [-0.2, 0) is 0 Å². The molecule has 0 atom stereocenters. The standard InChI is InChI=1S/C14H10FN3OS/c1-8-17-11-4-3-10(6-12(11)20-8)18-14(19)9-2-5-13(15)16-7-9/h2-7H,1H3,(H,18,19). The summed E-state index contributed by atoms with van der Waals surface area (Å²) in [5.74, 6) is -0.929. The van der Waals surface area contributed by atoms with Crippen molar-refractivity contribution in [3.05, 3.63) is 53.0 Å². The minimum atomic E-state index is -0.608. The minimum absolute atomic E-state index is 0.312.